The normalized spacial score (nSPS) is 11.8. The van der Waals surface area contributed by atoms with E-state index in [1.165, 1.54) is 12.1 Å². The Morgan fingerprint density at radius 2 is 1.85 bits per heavy atom. The number of anilines is 1. The largest absolute Gasteiger partial charge is 0.497 e. The third-order valence-electron chi connectivity index (χ3n) is 3.50. The van der Waals surface area contributed by atoms with Gasteiger partial charge in [0.1, 0.15) is 5.75 Å². The van der Waals surface area contributed by atoms with Crippen LogP contribution in [0.15, 0.2) is 53.6 Å². The Labute approximate surface area is 148 Å². The van der Waals surface area contributed by atoms with Crippen LogP contribution < -0.4 is 15.5 Å². The van der Waals surface area contributed by atoms with Gasteiger partial charge < -0.3 is 10.1 Å². The summed E-state index contributed by atoms with van der Waals surface area (Å²) in [7, 11) is 1.56. The molecule has 2 rings (SSSR count). The van der Waals surface area contributed by atoms with E-state index >= 15 is 0 Å². The highest BCUT2D eigenvalue weighted by Crippen LogP contribution is 2.30. The van der Waals surface area contributed by atoms with E-state index in [1.807, 2.05) is 0 Å². The second-order valence-electron chi connectivity index (χ2n) is 5.39. The first-order valence-corrected chi connectivity index (χ1v) is 7.68. The number of hydrazone groups is 1. The Morgan fingerprint density at radius 1 is 1.15 bits per heavy atom. The number of hydrogen-bond donors (Lipinski definition) is 2. The summed E-state index contributed by atoms with van der Waals surface area (Å²) in [5.41, 5.74) is 3.16. The van der Waals surface area contributed by atoms with Crippen molar-refractivity contribution in [1.82, 2.24) is 5.43 Å². The minimum Gasteiger partial charge on any atom is -0.497 e. The van der Waals surface area contributed by atoms with Crippen molar-refractivity contribution in [3.63, 3.8) is 0 Å². The first kappa shape index (κ1) is 19.3. The second kappa shape index (κ2) is 8.37. The van der Waals surface area contributed by atoms with E-state index in [2.05, 4.69) is 15.8 Å². The molecule has 8 heteroatoms. The van der Waals surface area contributed by atoms with Gasteiger partial charge in [0.15, 0.2) is 0 Å². The number of amides is 1. The quantitative estimate of drug-likeness (QED) is 0.607. The molecule has 0 heterocycles. The molecule has 2 N–H and O–H groups in total. The fraction of sp³-hybridized carbons (Fsp3) is 0.222. The van der Waals surface area contributed by atoms with Crippen molar-refractivity contribution in [1.29, 1.82) is 0 Å². The number of nitrogens with one attached hydrogen (secondary N) is 2. The first-order chi connectivity index (χ1) is 12.3. The van der Waals surface area contributed by atoms with Crippen LogP contribution in [0.25, 0.3) is 0 Å². The number of rotatable bonds is 6. The minimum atomic E-state index is -4.43. The van der Waals surface area contributed by atoms with Crippen LogP contribution >= 0.6 is 0 Å². The van der Waals surface area contributed by atoms with E-state index in [0.29, 0.717) is 11.5 Å². The van der Waals surface area contributed by atoms with E-state index in [1.54, 1.807) is 38.3 Å². The van der Waals surface area contributed by atoms with Gasteiger partial charge in [-0.15, -0.1) is 0 Å². The lowest BCUT2D eigenvalue weighted by atomic mass is 10.1. The molecule has 0 spiro atoms. The Balaban J connectivity index is 1.90. The van der Waals surface area contributed by atoms with Gasteiger partial charge >= 0.3 is 6.18 Å². The fourth-order valence-electron chi connectivity index (χ4n) is 2.07. The van der Waals surface area contributed by atoms with Gasteiger partial charge in [0.2, 0.25) is 0 Å². The van der Waals surface area contributed by atoms with Gasteiger partial charge in [-0.3, -0.25) is 4.79 Å². The lowest BCUT2D eigenvalue weighted by molar-refractivity contribution is -0.137. The Morgan fingerprint density at radius 3 is 2.46 bits per heavy atom. The Hall–Kier alpha value is -3.03. The van der Waals surface area contributed by atoms with Crippen LogP contribution in [0.5, 0.6) is 5.75 Å². The summed E-state index contributed by atoms with van der Waals surface area (Å²) in [6.07, 6.45) is -4.43. The molecule has 0 saturated carbocycles. The highest BCUT2D eigenvalue weighted by atomic mass is 19.4. The molecule has 0 bridgehead atoms. The summed E-state index contributed by atoms with van der Waals surface area (Å²) in [5, 5.41) is 6.61. The summed E-state index contributed by atoms with van der Waals surface area (Å²) >= 11 is 0. The van der Waals surface area contributed by atoms with Crippen LogP contribution in [0.1, 0.15) is 18.1 Å². The van der Waals surface area contributed by atoms with Crippen LogP contribution in [0, 0.1) is 0 Å². The molecule has 0 aliphatic carbocycles. The number of halogens is 3. The maximum Gasteiger partial charge on any atom is 0.416 e. The molecule has 0 atom stereocenters. The number of carbonyl (C=O) groups is 1. The van der Waals surface area contributed by atoms with E-state index in [-0.39, 0.29) is 12.2 Å². The molecule has 0 aromatic heterocycles. The van der Waals surface area contributed by atoms with Crippen molar-refractivity contribution in [3.8, 4) is 5.75 Å². The molecule has 0 aliphatic heterocycles. The summed E-state index contributed by atoms with van der Waals surface area (Å²) in [4.78, 5) is 11.8. The predicted molar refractivity (Wildman–Crippen MR) is 93.3 cm³/mol. The molecule has 5 nitrogen and oxygen atoms in total. The minimum absolute atomic E-state index is 0.200. The number of ether oxygens (including phenoxy) is 1. The number of nitrogens with zero attached hydrogens (tertiary/aromatic N) is 1. The van der Waals surface area contributed by atoms with E-state index in [0.717, 1.165) is 17.7 Å². The molecule has 138 valence electrons. The summed E-state index contributed by atoms with van der Waals surface area (Å²) in [6, 6.07) is 11.8. The predicted octanol–water partition coefficient (Wildman–Crippen LogP) is 3.67. The molecule has 2 aromatic carbocycles. The maximum absolute atomic E-state index is 12.7. The molecular formula is C18H18F3N3O2. The molecule has 0 unspecified atom stereocenters. The highest BCUT2D eigenvalue weighted by molar-refractivity contribution is 5.99. The molecule has 0 aliphatic rings. The van der Waals surface area contributed by atoms with Crippen molar-refractivity contribution in [2.45, 2.75) is 13.1 Å². The van der Waals surface area contributed by atoms with Crippen LogP contribution in [0.4, 0.5) is 18.9 Å². The number of methoxy groups -OCH3 is 1. The Kier molecular flexibility index (Phi) is 6.21. The van der Waals surface area contributed by atoms with Crippen molar-refractivity contribution in [2.75, 3.05) is 19.0 Å². The van der Waals surface area contributed by atoms with Crippen molar-refractivity contribution >= 4 is 17.3 Å². The van der Waals surface area contributed by atoms with Crippen molar-refractivity contribution in [2.24, 2.45) is 5.10 Å². The van der Waals surface area contributed by atoms with E-state index < -0.39 is 17.6 Å². The van der Waals surface area contributed by atoms with Crippen molar-refractivity contribution < 1.29 is 22.7 Å². The number of carbonyl (C=O) groups excluding carboxylic acids is 1. The lowest BCUT2D eigenvalue weighted by Gasteiger charge is -2.10. The van der Waals surface area contributed by atoms with E-state index in [4.69, 9.17) is 4.74 Å². The molecule has 0 fully saturated rings. The van der Waals surface area contributed by atoms with Gasteiger partial charge in [-0.2, -0.15) is 18.3 Å². The number of alkyl halides is 3. The molecule has 0 radical (unpaired) electrons. The van der Waals surface area contributed by atoms with Gasteiger partial charge in [0, 0.05) is 5.69 Å². The third kappa shape index (κ3) is 5.51. The number of benzene rings is 2. The van der Waals surface area contributed by atoms with Gasteiger partial charge in [0.25, 0.3) is 5.91 Å². The SMILES string of the molecule is COc1ccc(C(C)=NNC(=O)CNc2cccc(C(F)(F)F)c2)cc1. The zero-order chi connectivity index (χ0) is 19.2. The molecule has 0 saturated heterocycles. The summed E-state index contributed by atoms with van der Waals surface area (Å²) < 4.78 is 43.0. The fourth-order valence-corrected chi connectivity index (χ4v) is 2.07. The average Bonchev–Trinajstić information content (AvgIpc) is 2.64. The van der Waals surface area contributed by atoms with E-state index in [9.17, 15) is 18.0 Å². The summed E-state index contributed by atoms with van der Waals surface area (Å²) in [5.74, 6) is 0.228. The number of hydrogen-bond acceptors (Lipinski definition) is 4. The summed E-state index contributed by atoms with van der Waals surface area (Å²) in [6.45, 7) is 1.52. The maximum atomic E-state index is 12.7. The van der Waals surface area contributed by atoms with Crippen molar-refractivity contribution in [3.05, 3.63) is 59.7 Å². The van der Waals surface area contributed by atoms with Crippen LogP contribution in [0.3, 0.4) is 0 Å². The smallest absolute Gasteiger partial charge is 0.416 e. The zero-order valence-electron chi connectivity index (χ0n) is 14.2. The molecule has 26 heavy (non-hydrogen) atoms. The van der Waals surface area contributed by atoms with Crippen LogP contribution in [0.2, 0.25) is 0 Å². The first-order valence-electron chi connectivity index (χ1n) is 7.68. The molecular weight excluding hydrogens is 347 g/mol. The monoisotopic (exact) mass is 365 g/mol. The van der Waals surface area contributed by atoms with Crippen LogP contribution in [-0.2, 0) is 11.0 Å². The standard InChI is InChI=1S/C18H18F3N3O2/c1-12(13-6-8-16(26-2)9-7-13)23-24-17(25)11-22-15-5-3-4-14(10-15)18(19,20)21/h3-10,22H,11H2,1-2H3,(H,24,25). The Bertz CT molecular complexity index is 787. The van der Waals surface area contributed by atoms with Gasteiger partial charge in [-0.1, -0.05) is 6.07 Å². The topological polar surface area (TPSA) is 62.7 Å². The lowest BCUT2D eigenvalue weighted by Crippen LogP contribution is -2.26. The highest BCUT2D eigenvalue weighted by Gasteiger charge is 2.30. The van der Waals surface area contributed by atoms with Gasteiger partial charge in [-0.05, 0) is 55.0 Å². The third-order valence-corrected chi connectivity index (χ3v) is 3.50. The average molecular weight is 365 g/mol. The molecule has 1 amide bonds. The molecule has 2 aromatic rings. The zero-order valence-corrected chi connectivity index (χ0v) is 14.2. The van der Waals surface area contributed by atoms with Crippen LogP contribution in [-0.4, -0.2) is 25.3 Å². The second-order valence-corrected chi connectivity index (χ2v) is 5.39. The van der Waals surface area contributed by atoms with Gasteiger partial charge in [0.05, 0.1) is 24.9 Å². The van der Waals surface area contributed by atoms with Gasteiger partial charge in [-0.25, -0.2) is 5.43 Å².